The lowest BCUT2D eigenvalue weighted by Crippen LogP contribution is -2.09. The van der Waals surface area contributed by atoms with E-state index in [0.717, 1.165) is 25.7 Å². The monoisotopic (exact) mass is 252 g/mol. The highest BCUT2D eigenvalue weighted by Crippen LogP contribution is 2.30. The van der Waals surface area contributed by atoms with Gasteiger partial charge in [-0.05, 0) is 31.9 Å². The minimum Gasteiger partial charge on any atom is -0.462 e. The molecule has 0 unspecified atom stereocenters. The lowest BCUT2D eigenvalue weighted by molar-refractivity contribution is 0.0532. The van der Waals surface area contributed by atoms with E-state index in [4.69, 9.17) is 4.74 Å². The average molecular weight is 252 g/mol. The average Bonchev–Trinajstić information content (AvgIpc) is 3.00. The Hall–Kier alpha value is -1.16. The molecule has 0 saturated heterocycles. The maximum absolute atomic E-state index is 12.1. The summed E-state index contributed by atoms with van der Waals surface area (Å²) >= 11 is 1.25. The van der Waals surface area contributed by atoms with Crippen molar-refractivity contribution in [3.63, 3.8) is 0 Å². The van der Waals surface area contributed by atoms with Crippen molar-refractivity contribution in [2.24, 2.45) is 5.92 Å². The third kappa shape index (κ3) is 2.75. The van der Waals surface area contributed by atoms with Gasteiger partial charge >= 0.3 is 5.97 Å². The van der Waals surface area contributed by atoms with Crippen LogP contribution in [-0.2, 0) is 4.74 Å². The highest BCUT2D eigenvalue weighted by molar-refractivity contribution is 7.15. The van der Waals surface area contributed by atoms with E-state index < -0.39 is 0 Å². The number of ketones is 1. The first-order chi connectivity index (χ1) is 8.22. The second-order valence-electron chi connectivity index (χ2n) is 4.23. The molecule has 0 N–H and O–H groups in total. The predicted octanol–water partition coefficient (Wildman–Crippen LogP) is 3.30. The van der Waals surface area contributed by atoms with Crippen LogP contribution in [0.5, 0.6) is 0 Å². The van der Waals surface area contributed by atoms with E-state index in [1.165, 1.54) is 11.3 Å². The quantitative estimate of drug-likeness (QED) is 0.610. The molecule has 1 aromatic rings. The van der Waals surface area contributed by atoms with Gasteiger partial charge in [0.1, 0.15) is 4.88 Å². The zero-order valence-corrected chi connectivity index (χ0v) is 10.7. The summed E-state index contributed by atoms with van der Waals surface area (Å²) in [4.78, 5) is 24.8. The number of hydrogen-bond donors (Lipinski definition) is 0. The fourth-order valence-corrected chi connectivity index (χ4v) is 3.09. The molecule has 0 bridgehead atoms. The fraction of sp³-hybridized carbons (Fsp3) is 0.538. The molecule has 0 spiro atoms. The molecular weight excluding hydrogens is 236 g/mol. The van der Waals surface area contributed by atoms with Crippen molar-refractivity contribution < 1.29 is 14.3 Å². The molecule has 2 rings (SSSR count). The van der Waals surface area contributed by atoms with Crippen molar-refractivity contribution in [3.8, 4) is 0 Å². The normalized spacial score (nSPS) is 16.1. The molecule has 0 amide bonds. The zero-order chi connectivity index (χ0) is 12.3. The molecule has 0 atom stereocenters. The molecule has 1 heterocycles. The maximum Gasteiger partial charge on any atom is 0.348 e. The van der Waals surface area contributed by atoms with Crippen LogP contribution >= 0.6 is 11.3 Å². The van der Waals surface area contributed by atoms with Gasteiger partial charge in [-0.3, -0.25) is 4.79 Å². The smallest absolute Gasteiger partial charge is 0.348 e. The lowest BCUT2D eigenvalue weighted by atomic mass is 10.0. The molecule has 0 aromatic carbocycles. The number of thiophene rings is 1. The molecule has 1 saturated carbocycles. The van der Waals surface area contributed by atoms with Crippen molar-refractivity contribution in [2.75, 3.05) is 6.61 Å². The van der Waals surface area contributed by atoms with E-state index in [1.54, 1.807) is 19.1 Å². The van der Waals surface area contributed by atoms with Crippen molar-refractivity contribution in [1.82, 2.24) is 0 Å². The summed E-state index contributed by atoms with van der Waals surface area (Å²) in [5, 5.41) is 0. The molecule has 1 aliphatic rings. The summed E-state index contributed by atoms with van der Waals surface area (Å²) in [6.07, 6.45) is 4.27. The first-order valence-electron chi connectivity index (χ1n) is 6.03. The predicted molar refractivity (Wildman–Crippen MR) is 66.6 cm³/mol. The van der Waals surface area contributed by atoms with Gasteiger partial charge in [0.15, 0.2) is 5.78 Å². The molecule has 0 radical (unpaired) electrons. The van der Waals surface area contributed by atoms with Gasteiger partial charge in [-0.25, -0.2) is 4.79 Å². The van der Waals surface area contributed by atoms with Gasteiger partial charge in [0.25, 0.3) is 0 Å². The van der Waals surface area contributed by atoms with Gasteiger partial charge in [0, 0.05) is 5.92 Å². The van der Waals surface area contributed by atoms with Crippen LogP contribution in [0.25, 0.3) is 0 Å². The second kappa shape index (κ2) is 5.45. The van der Waals surface area contributed by atoms with E-state index in [-0.39, 0.29) is 17.7 Å². The Balaban J connectivity index is 2.07. The van der Waals surface area contributed by atoms with E-state index >= 15 is 0 Å². The minimum atomic E-state index is -0.331. The van der Waals surface area contributed by atoms with E-state index in [9.17, 15) is 9.59 Å². The van der Waals surface area contributed by atoms with Crippen LogP contribution in [0, 0.1) is 5.92 Å². The third-order valence-corrected chi connectivity index (χ3v) is 4.13. The summed E-state index contributed by atoms with van der Waals surface area (Å²) in [7, 11) is 0. The van der Waals surface area contributed by atoms with Gasteiger partial charge < -0.3 is 4.74 Å². The van der Waals surface area contributed by atoms with Crippen LogP contribution < -0.4 is 0 Å². The largest absolute Gasteiger partial charge is 0.462 e. The van der Waals surface area contributed by atoms with Crippen LogP contribution in [0.3, 0.4) is 0 Å². The zero-order valence-electron chi connectivity index (χ0n) is 9.90. The molecule has 1 fully saturated rings. The summed E-state index contributed by atoms with van der Waals surface area (Å²) in [6.45, 7) is 2.14. The topological polar surface area (TPSA) is 43.4 Å². The Kier molecular flexibility index (Phi) is 3.94. The molecule has 4 heteroatoms. The maximum atomic E-state index is 12.1. The molecular formula is C13H16O3S. The molecule has 92 valence electrons. The first-order valence-corrected chi connectivity index (χ1v) is 6.85. The molecule has 1 aliphatic carbocycles. The minimum absolute atomic E-state index is 0.170. The van der Waals surface area contributed by atoms with Crippen LogP contribution in [0.2, 0.25) is 0 Å². The fourth-order valence-electron chi connectivity index (χ4n) is 2.17. The van der Waals surface area contributed by atoms with Gasteiger partial charge in [0.2, 0.25) is 0 Å². The van der Waals surface area contributed by atoms with Gasteiger partial charge in [0.05, 0.1) is 11.5 Å². The third-order valence-electron chi connectivity index (χ3n) is 3.05. The second-order valence-corrected chi connectivity index (χ2v) is 5.31. The number of carbonyl (C=O) groups excluding carboxylic acids is 2. The Morgan fingerprint density at radius 1 is 1.29 bits per heavy atom. The Morgan fingerprint density at radius 3 is 2.59 bits per heavy atom. The Labute approximate surface area is 105 Å². The number of hydrogen-bond acceptors (Lipinski definition) is 4. The van der Waals surface area contributed by atoms with Gasteiger partial charge in [-0.1, -0.05) is 12.8 Å². The number of Topliss-reactive ketones (excluding diaryl/α,β-unsaturated/α-hetero) is 1. The molecule has 1 aromatic heterocycles. The molecule has 0 aliphatic heterocycles. The highest BCUT2D eigenvalue weighted by atomic mass is 32.1. The lowest BCUT2D eigenvalue weighted by Gasteiger charge is -2.04. The van der Waals surface area contributed by atoms with Crippen LogP contribution in [0.15, 0.2) is 12.1 Å². The highest BCUT2D eigenvalue weighted by Gasteiger charge is 2.25. The Bertz CT molecular complexity index is 416. The van der Waals surface area contributed by atoms with Crippen molar-refractivity contribution >= 4 is 23.1 Å². The van der Waals surface area contributed by atoms with Crippen LogP contribution in [0.1, 0.15) is 52.0 Å². The summed E-state index contributed by atoms with van der Waals surface area (Å²) in [5.41, 5.74) is 0. The number of ether oxygens (including phenoxy) is 1. The standard InChI is InChI=1S/C13H16O3S/c1-2-16-13(15)11-8-7-10(17-11)12(14)9-5-3-4-6-9/h7-9H,2-6H2,1H3. The SMILES string of the molecule is CCOC(=O)c1ccc(C(=O)C2CCCC2)s1. The van der Waals surface area contributed by atoms with E-state index in [0.29, 0.717) is 16.4 Å². The molecule has 3 nitrogen and oxygen atoms in total. The van der Waals surface area contributed by atoms with Crippen LogP contribution in [0.4, 0.5) is 0 Å². The first kappa shape index (κ1) is 12.3. The Morgan fingerprint density at radius 2 is 1.94 bits per heavy atom. The number of esters is 1. The van der Waals surface area contributed by atoms with Crippen LogP contribution in [-0.4, -0.2) is 18.4 Å². The van der Waals surface area contributed by atoms with E-state index in [1.807, 2.05) is 0 Å². The van der Waals surface area contributed by atoms with Crippen molar-refractivity contribution in [2.45, 2.75) is 32.6 Å². The van der Waals surface area contributed by atoms with Crippen molar-refractivity contribution in [1.29, 1.82) is 0 Å². The number of carbonyl (C=O) groups is 2. The van der Waals surface area contributed by atoms with E-state index in [2.05, 4.69) is 0 Å². The molecule has 17 heavy (non-hydrogen) atoms. The van der Waals surface area contributed by atoms with Crippen molar-refractivity contribution in [3.05, 3.63) is 21.9 Å². The summed E-state index contributed by atoms with van der Waals surface area (Å²) in [5.74, 6) is 0.0368. The summed E-state index contributed by atoms with van der Waals surface area (Å²) < 4.78 is 4.91. The van der Waals surface area contributed by atoms with Gasteiger partial charge in [-0.2, -0.15) is 0 Å². The van der Waals surface area contributed by atoms with Gasteiger partial charge in [-0.15, -0.1) is 11.3 Å². The number of rotatable bonds is 4. The summed E-state index contributed by atoms with van der Waals surface area (Å²) in [6, 6.07) is 3.43.